The molecule has 0 unspecified atom stereocenters. The first-order valence-electron chi connectivity index (χ1n) is 12.4. The number of pyridine rings is 1. The van der Waals surface area contributed by atoms with E-state index in [2.05, 4.69) is 35.5 Å². The van der Waals surface area contributed by atoms with Crippen molar-refractivity contribution in [2.75, 3.05) is 6.54 Å². The Hall–Kier alpha value is -2.22. The van der Waals surface area contributed by atoms with Crippen molar-refractivity contribution in [2.45, 2.75) is 83.1 Å². The van der Waals surface area contributed by atoms with Crippen LogP contribution in [0.4, 0.5) is 4.39 Å². The van der Waals surface area contributed by atoms with Crippen LogP contribution in [0.2, 0.25) is 5.02 Å². The highest BCUT2D eigenvalue weighted by molar-refractivity contribution is 6.30. The lowest BCUT2D eigenvalue weighted by molar-refractivity contribution is -0.120. The second-order valence-corrected chi connectivity index (χ2v) is 10.9. The van der Waals surface area contributed by atoms with Crippen LogP contribution >= 0.6 is 11.6 Å². The Morgan fingerprint density at radius 2 is 2.06 bits per heavy atom. The first-order valence-corrected chi connectivity index (χ1v) is 12.8. The summed E-state index contributed by atoms with van der Waals surface area (Å²) < 4.78 is 20.3. The van der Waals surface area contributed by atoms with Crippen LogP contribution in [0.3, 0.4) is 0 Å². The zero-order valence-electron chi connectivity index (χ0n) is 20.6. The molecule has 0 radical (unpaired) electrons. The van der Waals surface area contributed by atoms with Gasteiger partial charge in [0.05, 0.1) is 17.2 Å². The van der Waals surface area contributed by atoms with E-state index in [1.54, 1.807) is 6.07 Å². The van der Waals surface area contributed by atoms with E-state index in [1.165, 1.54) is 24.6 Å². The number of nitrogens with one attached hydrogen (secondary N) is 2. The van der Waals surface area contributed by atoms with E-state index in [4.69, 9.17) is 16.3 Å². The number of aliphatic hydroxyl groups is 1. The van der Waals surface area contributed by atoms with Crippen molar-refractivity contribution in [1.29, 1.82) is 0 Å². The number of fused-ring (bicyclic) bond motifs is 1. The quantitative estimate of drug-likeness (QED) is 0.468. The van der Waals surface area contributed by atoms with Crippen molar-refractivity contribution in [3.8, 4) is 5.88 Å². The molecule has 1 fully saturated rings. The number of carbonyl (C=O) groups excluding carboxylic acids is 1. The van der Waals surface area contributed by atoms with Crippen LogP contribution < -0.4 is 15.4 Å². The largest absolute Gasteiger partial charge is 0.471 e. The van der Waals surface area contributed by atoms with E-state index in [9.17, 15) is 14.3 Å². The lowest BCUT2D eigenvalue weighted by atomic mass is 9.73. The zero-order valence-corrected chi connectivity index (χ0v) is 21.4. The first kappa shape index (κ1) is 25.9. The van der Waals surface area contributed by atoms with Crippen LogP contribution in [0.5, 0.6) is 5.88 Å². The summed E-state index contributed by atoms with van der Waals surface area (Å²) in [6.07, 6.45) is 6.19. The Balaban J connectivity index is 1.49. The number of nitrogens with zero attached hydrogens (tertiary/aromatic N) is 1. The van der Waals surface area contributed by atoms with Gasteiger partial charge in [-0.2, -0.15) is 0 Å². The minimum atomic E-state index is -0.881. The van der Waals surface area contributed by atoms with Crippen molar-refractivity contribution < 1.29 is 19.0 Å². The molecule has 190 valence electrons. The van der Waals surface area contributed by atoms with E-state index in [0.717, 1.165) is 37.7 Å². The van der Waals surface area contributed by atoms with Gasteiger partial charge in [-0.25, -0.2) is 9.37 Å². The summed E-state index contributed by atoms with van der Waals surface area (Å²) in [6, 6.07) is 6.11. The second kappa shape index (κ2) is 10.8. The minimum Gasteiger partial charge on any atom is -0.471 e. The van der Waals surface area contributed by atoms with E-state index < -0.39 is 18.0 Å². The van der Waals surface area contributed by atoms with E-state index >= 15 is 0 Å². The van der Waals surface area contributed by atoms with Crippen LogP contribution in [0.15, 0.2) is 30.5 Å². The number of benzene rings is 1. The Kier molecular flexibility index (Phi) is 7.99. The lowest BCUT2D eigenvalue weighted by Crippen LogP contribution is -2.52. The predicted octanol–water partition coefficient (Wildman–Crippen LogP) is 4.52. The third kappa shape index (κ3) is 6.32. The summed E-state index contributed by atoms with van der Waals surface area (Å²) in [6.45, 7) is 6.03. The van der Waals surface area contributed by atoms with Gasteiger partial charge in [0.15, 0.2) is 0 Å². The number of carbonyl (C=O) groups is 1. The van der Waals surface area contributed by atoms with Crippen LogP contribution in [-0.2, 0) is 17.6 Å². The van der Waals surface area contributed by atoms with Crippen LogP contribution in [0.1, 0.15) is 69.2 Å². The highest BCUT2D eigenvalue weighted by atomic mass is 35.5. The second-order valence-electron chi connectivity index (χ2n) is 10.5. The summed E-state index contributed by atoms with van der Waals surface area (Å²) in [4.78, 5) is 16.5. The van der Waals surface area contributed by atoms with E-state index in [1.807, 2.05) is 6.20 Å². The molecular weight excluding hydrogens is 469 g/mol. The Morgan fingerprint density at radius 3 is 2.69 bits per heavy atom. The van der Waals surface area contributed by atoms with Gasteiger partial charge in [-0.1, -0.05) is 31.5 Å². The Bertz CT molecular complexity index is 1060. The molecule has 2 aromatic rings. The fraction of sp³-hybridized carbons (Fsp3) is 0.556. The zero-order chi connectivity index (χ0) is 25.2. The van der Waals surface area contributed by atoms with Gasteiger partial charge >= 0.3 is 0 Å². The molecule has 6 nitrogen and oxygen atoms in total. The molecule has 1 aromatic heterocycles. The molecule has 3 atom stereocenters. The summed E-state index contributed by atoms with van der Waals surface area (Å²) in [5.41, 5.74) is 2.64. The molecule has 1 aliphatic carbocycles. The van der Waals surface area contributed by atoms with Gasteiger partial charge in [0.2, 0.25) is 11.8 Å². The molecule has 1 spiro atoms. The van der Waals surface area contributed by atoms with Crippen molar-refractivity contribution >= 4 is 17.5 Å². The van der Waals surface area contributed by atoms with Crippen molar-refractivity contribution in [3.05, 3.63) is 58.0 Å². The molecule has 1 aromatic carbocycles. The third-order valence-corrected chi connectivity index (χ3v) is 7.28. The Morgan fingerprint density at radius 1 is 1.29 bits per heavy atom. The minimum absolute atomic E-state index is 0.0146. The summed E-state index contributed by atoms with van der Waals surface area (Å²) in [7, 11) is 0. The average molecular weight is 504 g/mol. The summed E-state index contributed by atoms with van der Waals surface area (Å²) >= 11 is 5.80. The van der Waals surface area contributed by atoms with E-state index in [0.29, 0.717) is 17.4 Å². The van der Waals surface area contributed by atoms with Crippen LogP contribution in [0, 0.1) is 11.7 Å². The maximum absolute atomic E-state index is 13.9. The van der Waals surface area contributed by atoms with Crippen molar-refractivity contribution in [2.24, 2.45) is 5.92 Å². The number of hydrogen-bond donors (Lipinski definition) is 3. The highest BCUT2D eigenvalue weighted by Crippen LogP contribution is 2.48. The van der Waals surface area contributed by atoms with Gasteiger partial charge in [-0.3, -0.25) is 4.79 Å². The maximum atomic E-state index is 13.9. The van der Waals surface area contributed by atoms with Gasteiger partial charge < -0.3 is 20.5 Å². The number of aromatic nitrogens is 1. The predicted molar refractivity (Wildman–Crippen MR) is 134 cm³/mol. The molecule has 2 aliphatic rings. The summed E-state index contributed by atoms with van der Waals surface area (Å²) in [5, 5.41) is 17.4. The molecular formula is C27H35ClFN3O3. The highest BCUT2D eigenvalue weighted by Gasteiger charge is 2.46. The number of amides is 1. The molecule has 1 amide bonds. The third-order valence-electron chi connectivity index (χ3n) is 6.98. The van der Waals surface area contributed by atoms with Crippen molar-refractivity contribution in [1.82, 2.24) is 15.6 Å². The number of halogens is 2. The number of aliphatic hydroxyl groups excluding tert-OH is 1. The molecule has 3 N–H and O–H groups in total. The van der Waals surface area contributed by atoms with Gasteiger partial charge in [-0.05, 0) is 67.3 Å². The van der Waals surface area contributed by atoms with Gasteiger partial charge in [0.25, 0.3) is 0 Å². The molecule has 2 heterocycles. The summed E-state index contributed by atoms with van der Waals surface area (Å²) in [5.74, 6) is 0.413. The molecule has 8 heteroatoms. The number of ether oxygens (including phenoxy) is 1. The van der Waals surface area contributed by atoms with Gasteiger partial charge in [0.1, 0.15) is 11.4 Å². The smallest absolute Gasteiger partial charge is 0.218 e. The lowest BCUT2D eigenvalue weighted by Gasteiger charge is -2.47. The van der Waals surface area contributed by atoms with Gasteiger partial charge in [0, 0.05) is 37.7 Å². The molecule has 35 heavy (non-hydrogen) atoms. The maximum Gasteiger partial charge on any atom is 0.218 e. The van der Waals surface area contributed by atoms with Crippen LogP contribution in [0.25, 0.3) is 0 Å². The fourth-order valence-electron chi connectivity index (χ4n) is 5.09. The Labute approximate surface area is 211 Å². The topological polar surface area (TPSA) is 83.5 Å². The monoisotopic (exact) mass is 503 g/mol. The first-order chi connectivity index (χ1) is 16.6. The SMILES string of the molecule is CC(=O)N[C@@H](Cc1ccc(Cl)c(F)c1)[C@H](O)CN[C@H]1CC2(CCC2)Oc2ncc(CC(C)C)cc21. The van der Waals surface area contributed by atoms with Gasteiger partial charge in [-0.15, -0.1) is 0 Å². The van der Waals surface area contributed by atoms with Crippen molar-refractivity contribution in [3.63, 3.8) is 0 Å². The normalized spacial score (nSPS) is 20.0. The molecule has 1 aliphatic heterocycles. The molecule has 0 saturated heterocycles. The van der Waals surface area contributed by atoms with E-state index in [-0.39, 0.29) is 35.5 Å². The molecule has 1 saturated carbocycles. The molecule has 4 rings (SSSR count). The standard InChI is InChI=1S/C27H35ClFN3O3/c1-16(2)9-19-10-20-24(13-27(7-4-8-27)35-26(20)31-14-19)30-15-25(34)23(32-17(3)33)12-18-5-6-21(28)22(29)11-18/h5-6,10-11,14,16,23-25,30,34H,4,7-9,12-13,15H2,1-3H3,(H,32,33)/t23-,24-,25+/m0/s1. The fourth-order valence-corrected chi connectivity index (χ4v) is 5.21. The number of rotatable bonds is 9. The molecule has 0 bridgehead atoms. The number of hydrogen-bond acceptors (Lipinski definition) is 5. The van der Waals surface area contributed by atoms with Crippen LogP contribution in [-0.4, -0.2) is 40.3 Å². The average Bonchev–Trinajstić information content (AvgIpc) is 2.77.